The molecule has 0 bridgehead atoms. The summed E-state index contributed by atoms with van der Waals surface area (Å²) in [6.07, 6.45) is 1.35. The lowest BCUT2D eigenvalue weighted by molar-refractivity contribution is -0.111. The number of amides is 1. The number of carbonyl (C=O) groups is 3. The van der Waals surface area contributed by atoms with E-state index < -0.39 is 17.8 Å². The van der Waals surface area contributed by atoms with Gasteiger partial charge in [0, 0.05) is 6.08 Å². The van der Waals surface area contributed by atoms with Crippen LogP contribution >= 0.6 is 0 Å². The Bertz CT molecular complexity index is 1130. The van der Waals surface area contributed by atoms with E-state index in [0.717, 1.165) is 28.5 Å². The number of fused-ring (bicyclic) bond motifs is 1. The average Bonchev–Trinajstić information content (AvgIpc) is 2.67. The second kappa shape index (κ2) is 7.75. The molecule has 0 saturated carbocycles. The first-order chi connectivity index (χ1) is 13.3. The van der Waals surface area contributed by atoms with Gasteiger partial charge in [-0.05, 0) is 53.1 Å². The minimum Gasteiger partial charge on any atom is -0.478 e. The minimum absolute atomic E-state index is 0.0695. The monoisotopic (exact) mass is 375 g/mol. The third-order valence-corrected chi connectivity index (χ3v) is 4.31. The van der Waals surface area contributed by atoms with Gasteiger partial charge in [-0.3, -0.25) is 4.79 Å². The molecule has 3 rings (SSSR count). The molecule has 0 radical (unpaired) electrons. The van der Waals surface area contributed by atoms with Gasteiger partial charge < -0.3 is 15.5 Å². The highest BCUT2D eigenvalue weighted by molar-refractivity contribution is 6.08. The molecule has 0 heterocycles. The molecule has 28 heavy (non-hydrogen) atoms. The first-order valence-electron chi connectivity index (χ1n) is 8.44. The molecule has 0 spiro atoms. The minimum atomic E-state index is -1.26. The summed E-state index contributed by atoms with van der Waals surface area (Å²) in [5, 5.41) is 22.9. The summed E-state index contributed by atoms with van der Waals surface area (Å²) in [5.74, 6) is -3.02. The molecule has 3 N–H and O–H groups in total. The summed E-state index contributed by atoms with van der Waals surface area (Å²) in [5.41, 5.74) is 1.17. The predicted molar refractivity (Wildman–Crippen MR) is 107 cm³/mol. The van der Waals surface area contributed by atoms with Gasteiger partial charge in [0.25, 0.3) is 0 Å². The second-order valence-corrected chi connectivity index (χ2v) is 6.25. The van der Waals surface area contributed by atoms with Crippen molar-refractivity contribution < 1.29 is 24.6 Å². The summed E-state index contributed by atoms with van der Waals surface area (Å²) < 4.78 is 0. The van der Waals surface area contributed by atoms with Gasteiger partial charge >= 0.3 is 11.9 Å². The molecule has 0 atom stereocenters. The highest BCUT2D eigenvalue weighted by Crippen LogP contribution is 2.22. The number of anilines is 1. The molecule has 3 aromatic carbocycles. The maximum absolute atomic E-state index is 12.4. The van der Waals surface area contributed by atoms with Crippen molar-refractivity contribution in [3.05, 3.63) is 83.4 Å². The molecule has 6 nitrogen and oxygen atoms in total. The molecule has 6 heteroatoms. The van der Waals surface area contributed by atoms with Crippen molar-refractivity contribution in [3.8, 4) is 0 Å². The summed E-state index contributed by atoms with van der Waals surface area (Å²) in [6, 6.07) is 17.1. The topological polar surface area (TPSA) is 104 Å². The van der Waals surface area contributed by atoms with Crippen LogP contribution in [0, 0.1) is 0 Å². The molecule has 1 amide bonds. The number of carboxylic acid groups (broad SMARTS) is 2. The van der Waals surface area contributed by atoms with Crippen molar-refractivity contribution >= 4 is 39.9 Å². The fraction of sp³-hybridized carbons (Fsp3) is 0.0455. The zero-order valence-corrected chi connectivity index (χ0v) is 15.0. The van der Waals surface area contributed by atoms with E-state index in [1.54, 1.807) is 6.92 Å². The lowest BCUT2D eigenvalue weighted by atomic mass is 10.0. The number of allylic oxidation sites excluding steroid dienone is 1. The van der Waals surface area contributed by atoms with Gasteiger partial charge in [-0.25, -0.2) is 9.59 Å². The highest BCUT2D eigenvalue weighted by atomic mass is 16.4. The van der Waals surface area contributed by atoms with Crippen LogP contribution in [0.3, 0.4) is 0 Å². The van der Waals surface area contributed by atoms with Gasteiger partial charge in [0.1, 0.15) is 0 Å². The maximum atomic E-state index is 12.4. The molecular formula is C22H17NO5. The molecular weight excluding hydrogens is 358 g/mol. The van der Waals surface area contributed by atoms with Crippen LogP contribution in [0.5, 0.6) is 0 Å². The van der Waals surface area contributed by atoms with Crippen molar-refractivity contribution in [2.24, 2.45) is 0 Å². The van der Waals surface area contributed by atoms with Gasteiger partial charge in [0.05, 0.1) is 16.8 Å². The second-order valence-electron chi connectivity index (χ2n) is 6.25. The van der Waals surface area contributed by atoms with Crippen molar-refractivity contribution in [2.45, 2.75) is 6.92 Å². The molecule has 140 valence electrons. The highest BCUT2D eigenvalue weighted by Gasteiger charge is 2.15. The van der Waals surface area contributed by atoms with E-state index >= 15 is 0 Å². The third kappa shape index (κ3) is 4.07. The lowest BCUT2D eigenvalue weighted by Gasteiger charge is -2.09. The summed E-state index contributed by atoms with van der Waals surface area (Å²) in [7, 11) is 0. The Morgan fingerprint density at radius 3 is 2.18 bits per heavy atom. The van der Waals surface area contributed by atoms with Gasteiger partial charge in [-0.1, -0.05) is 36.4 Å². The Labute approximate surface area is 160 Å². The van der Waals surface area contributed by atoms with Crippen molar-refractivity contribution in [1.29, 1.82) is 0 Å². The Hall–Kier alpha value is -3.93. The first-order valence-corrected chi connectivity index (χ1v) is 8.44. The molecule has 0 aliphatic carbocycles. The van der Waals surface area contributed by atoms with Crippen LogP contribution in [0.1, 0.15) is 33.2 Å². The third-order valence-electron chi connectivity index (χ3n) is 4.31. The summed E-state index contributed by atoms with van der Waals surface area (Å²) in [4.78, 5) is 34.8. The number of carbonyl (C=O) groups excluding carboxylic acids is 1. The SMILES string of the molecule is C/C(=C/C(=O)Nc1cc(C(=O)O)ccc1C(=O)O)c1ccc2ccccc2c1. The van der Waals surface area contributed by atoms with E-state index in [4.69, 9.17) is 5.11 Å². The number of aromatic carboxylic acids is 2. The average molecular weight is 375 g/mol. The van der Waals surface area contributed by atoms with Crippen LogP contribution in [0.15, 0.2) is 66.7 Å². The van der Waals surface area contributed by atoms with Gasteiger partial charge in [0.15, 0.2) is 0 Å². The summed E-state index contributed by atoms with van der Waals surface area (Å²) in [6.45, 7) is 1.77. The molecule has 3 aromatic rings. The fourth-order valence-corrected chi connectivity index (χ4v) is 2.85. The molecule has 0 unspecified atom stereocenters. The number of benzene rings is 3. The number of carboxylic acids is 2. The predicted octanol–water partition coefficient (Wildman–Crippen LogP) is 4.28. The van der Waals surface area contributed by atoms with Crippen LogP contribution in [0.2, 0.25) is 0 Å². The lowest BCUT2D eigenvalue weighted by Crippen LogP contribution is -2.13. The molecule has 0 fully saturated rings. The zero-order chi connectivity index (χ0) is 20.3. The molecule has 0 saturated heterocycles. The maximum Gasteiger partial charge on any atom is 0.337 e. The van der Waals surface area contributed by atoms with Crippen LogP contribution in [-0.4, -0.2) is 28.1 Å². The van der Waals surface area contributed by atoms with E-state index in [-0.39, 0.29) is 16.8 Å². The normalized spacial score (nSPS) is 11.2. The van der Waals surface area contributed by atoms with Gasteiger partial charge in [-0.2, -0.15) is 0 Å². The van der Waals surface area contributed by atoms with Crippen molar-refractivity contribution in [3.63, 3.8) is 0 Å². The van der Waals surface area contributed by atoms with Gasteiger partial charge in [0.2, 0.25) is 5.91 Å². The van der Waals surface area contributed by atoms with E-state index in [9.17, 15) is 19.5 Å². The van der Waals surface area contributed by atoms with Gasteiger partial charge in [-0.15, -0.1) is 0 Å². The molecule has 0 aliphatic heterocycles. The molecule has 0 aromatic heterocycles. The van der Waals surface area contributed by atoms with E-state index in [2.05, 4.69) is 5.32 Å². The van der Waals surface area contributed by atoms with Crippen LogP contribution in [0.25, 0.3) is 16.3 Å². The Balaban J connectivity index is 1.88. The number of rotatable bonds is 5. The fourth-order valence-electron chi connectivity index (χ4n) is 2.85. The van der Waals surface area contributed by atoms with Crippen LogP contribution < -0.4 is 5.32 Å². The molecule has 0 aliphatic rings. The van der Waals surface area contributed by atoms with Crippen molar-refractivity contribution in [2.75, 3.05) is 5.32 Å². The van der Waals surface area contributed by atoms with E-state index in [1.165, 1.54) is 12.1 Å². The standard InChI is InChI=1S/C22H17NO5/c1-13(15-7-6-14-4-2-3-5-16(14)11-15)10-20(24)23-19-12-17(21(25)26)8-9-18(19)22(27)28/h2-12H,1H3,(H,23,24)(H,25,26)(H,27,28)/b13-10-. The van der Waals surface area contributed by atoms with Crippen molar-refractivity contribution in [1.82, 2.24) is 0 Å². The quantitative estimate of drug-likeness (QED) is 0.578. The largest absolute Gasteiger partial charge is 0.478 e. The van der Waals surface area contributed by atoms with E-state index in [0.29, 0.717) is 5.57 Å². The van der Waals surface area contributed by atoms with Crippen LogP contribution in [0.4, 0.5) is 5.69 Å². The smallest absolute Gasteiger partial charge is 0.337 e. The summed E-state index contributed by atoms with van der Waals surface area (Å²) >= 11 is 0. The Morgan fingerprint density at radius 2 is 1.50 bits per heavy atom. The number of hydrogen-bond acceptors (Lipinski definition) is 3. The van der Waals surface area contributed by atoms with E-state index in [1.807, 2.05) is 42.5 Å². The van der Waals surface area contributed by atoms with Crippen LogP contribution in [-0.2, 0) is 4.79 Å². The first kappa shape index (κ1) is 18.8. The number of hydrogen-bond donors (Lipinski definition) is 3. The zero-order valence-electron chi connectivity index (χ0n) is 15.0. The Kier molecular flexibility index (Phi) is 5.22. The Morgan fingerprint density at radius 1 is 0.821 bits per heavy atom. The number of nitrogens with one attached hydrogen (secondary N) is 1.